The van der Waals surface area contributed by atoms with Gasteiger partial charge in [0.2, 0.25) is 0 Å². The summed E-state index contributed by atoms with van der Waals surface area (Å²) in [6.45, 7) is 0. The minimum Gasteiger partial charge on any atom is -0.277 e. The quantitative estimate of drug-likeness (QED) is 0.435. The Labute approximate surface area is 150 Å². The van der Waals surface area contributed by atoms with Gasteiger partial charge in [-0.1, -0.05) is 60.7 Å². The van der Waals surface area contributed by atoms with Crippen LogP contribution in [0, 0.1) is 0 Å². The Bertz CT molecular complexity index is 1080. The Morgan fingerprint density at radius 3 is 2.58 bits per heavy atom. The van der Waals surface area contributed by atoms with Crippen LogP contribution >= 0.6 is 0 Å². The number of nitrogens with zero attached hydrogens (tertiary/aromatic N) is 2. The van der Waals surface area contributed by atoms with Gasteiger partial charge >= 0.3 is 0 Å². The maximum atomic E-state index is 12.3. The van der Waals surface area contributed by atoms with Gasteiger partial charge in [-0.2, -0.15) is 10.2 Å². The summed E-state index contributed by atoms with van der Waals surface area (Å²) in [5.74, 6) is -0.253. The third-order valence-electron chi connectivity index (χ3n) is 4.11. The van der Waals surface area contributed by atoms with Crippen molar-refractivity contribution in [2.24, 2.45) is 5.10 Å². The fourth-order valence-corrected chi connectivity index (χ4v) is 2.78. The van der Waals surface area contributed by atoms with Crippen LogP contribution in [0.3, 0.4) is 0 Å². The number of nitrogens with one attached hydrogen (secondary N) is 2. The highest BCUT2D eigenvalue weighted by atomic mass is 16.2. The molecule has 5 heteroatoms. The minimum atomic E-state index is -0.253. The van der Waals surface area contributed by atoms with Gasteiger partial charge in [-0.15, -0.1) is 0 Å². The Morgan fingerprint density at radius 2 is 1.73 bits per heavy atom. The highest BCUT2D eigenvalue weighted by molar-refractivity contribution is 5.99. The van der Waals surface area contributed by atoms with E-state index in [0.29, 0.717) is 5.56 Å². The first-order valence-electron chi connectivity index (χ1n) is 8.22. The van der Waals surface area contributed by atoms with Gasteiger partial charge in [0.1, 0.15) is 0 Å². The lowest BCUT2D eigenvalue weighted by Gasteiger charge is -2.02. The van der Waals surface area contributed by atoms with Crippen LogP contribution in [0.15, 0.2) is 84.1 Å². The van der Waals surface area contributed by atoms with E-state index in [-0.39, 0.29) is 5.91 Å². The highest BCUT2D eigenvalue weighted by Crippen LogP contribution is 2.19. The van der Waals surface area contributed by atoms with E-state index in [4.69, 9.17) is 0 Å². The topological polar surface area (TPSA) is 70.1 Å². The molecule has 5 nitrogen and oxygen atoms in total. The first-order chi connectivity index (χ1) is 12.8. The molecular formula is C21H16N4O. The number of hydrogen-bond acceptors (Lipinski definition) is 3. The van der Waals surface area contributed by atoms with Crippen molar-refractivity contribution in [2.75, 3.05) is 0 Å². The van der Waals surface area contributed by atoms with E-state index in [1.165, 1.54) is 0 Å². The van der Waals surface area contributed by atoms with Crippen molar-refractivity contribution in [1.82, 2.24) is 15.6 Å². The Balaban J connectivity index is 1.50. The summed E-state index contributed by atoms with van der Waals surface area (Å²) in [6, 6.07) is 23.3. The van der Waals surface area contributed by atoms with Gasteiger partial charge < -0.3 is 0 Å². The van der Waals surface area contributed by atoms with E-state index in [2.05, 4.69) is 20.7 Å². The molecule has 1 aromatic heterocycles. The molecule has 2 N–H and O–H groups in total. The summed E-state index contributed by atoms with van der Waals surface area (Å²) in [4.78, 5) is 12.3. The van der Waals surface area contributed by atoms with Crippen LogP contribution in [0.1, 0.15) is 15.9 Å². The van der Waals surface area contributed by atoms with Gasteiger partial charge in [0.15, 0.2) is 0 Å². The van der Waals surface area contributed by atoms with Crippen molar-refractivity contribution in [1.29, 1.82) is 0 Å². The second-order valence-electron chi connectivity index (χ2n) is 5.83. The van der Waals surface area contributed by atoms with Crippen molar-refractivity contribution < 1.29 is 4.79 Å². The van der Waals surface area contributed by atoms with Crippen molar-refractivity contribution in [2.45, 2.75) is 0 Å². The van der Waals surface area contributed by atoms with Gasteiger partial charge in [-0.25, -0.2) is 5.43 Å². The number of hydrogen-bond donors (Lipinski definition) is 2. The first kappa shape index (κ1) is 15.8. The highest BCUT2D eigenvalue weighted by Gasteiger charge is 2.07. The van der Waals surface area contributed by atoms with Crippen molar-refractivity contribution in [3.63, 3.8) is 0 Å². The number of benzene rings is 3. The van der Waals surface area contributed by atoms with Crippen LogP contribution in [0.5, 0.6) is 0 Å². The number of amides is 1. The van der Waals surface area contributed by atoms with Crippen LogP contribution in [-0.4, -0.2) is 22.3 Å². The van der Waals surface area contributed by atoms with Gasteiger partial charge in [0.25, 0.3) is 5.91 Å². The zero-order valence-corrected chi connectivity index (χ0v) is 13.9. The van der Waals surface area contributed by atoms with Crippen molar-refractivity contribution in [3.8, 4) is 11.3 Å². The molecule has 26 heavy (non-hydrogen) atoms. The van der Waals surface area contributed by atoms with Gasteiger partial charge in [-0.05, 0) is 22.9 Å². The van der Waals surface area contributed by atoms with Gasteiger partial charge in [0, 0.05) is 16.7 Å². The lowest BCUT2D eigenvalue weighted by atomic mass is 10.1. The predicted octanol–water partition coefficient (Wildman–Crippen LogP) is 3.99. The molecule has 0 unspecified atom stereocenters. The Hall–Kier alpha value is -3.73. The maximum absolute atomic E-state index is 12.3. The molecule has 0 aliphatic heterocycles. The zero-order valence-electron chi connectivity index (χ0n) is 13.9. The second-order valence-corrected chi connectivity index (χ2v) is 5.83. The molecule has 1 amide bonds. The molecule has 4 rings (SSSR count). The summed E-state index contributed by atoms with van der Waals surface area (Å²) >= 11 is 0. The van der Waals surface area contributed by atoms with Crippen molar-refractivity contribution >= 4 is 22.9 Å². The Kier molecular flexibility index (Phi) is 4.26. The maximum Gasteiger partial charge on any atom is 0.271 e. The average Bonchev–Trinajstić information content (AvgIpc) is 3.17. The van der Waals surface area contributed by atoms with Crippen LogP contribution in [0.25, 0.3) is 22.0 Å². The number of H-pyrrole nitrogens is 1. The van der Waals surface area contributed by atoms with Crippen LogP contribution in [-0.2, 0) is 0 Å². The summed E-state index contributed by atoms with van der Waals surface area (Å²) in [6.07, 6.45) is 3.26. The second kappa shape index (κ2) is 7.03. The standard InChI is InChI=1S/C21H16N4O/c26-21(18-11-10-15-6-4-5-9-17(15)12-18)25-23-14-19-13-22-24-20(19)16-7-2-1-3-8-16/h1-14H,(H,22,24)(H,25,26)/b23-14+. The molecule has 0 atom stereocenters. The van der Waals surface area contributed by atoms with E-state index in [1.807, 2.05) is 66.7 Å². The molecule has 0 saturated carbocycles. The van der Waals surface area contributed by atoms with E-state index in [1.54, 1.807) is 18.5 Å². The van der Waals surface area contributed by atoms with Crippen LogP contribution < -0.4 is 5.43 Å². The molecule has 0 fully saturated rings. The fourth-order valence-electron chi connectivity index (χ4n) is 2.78. The number of carbonyl (C=O) groups excluding carboxylic acids is 1. The Morgan fingerprint density at radius 1 is 0.962 bits per heavy atom. The third kappa shape index (κ3) is 3.23. The smallest absolute Gasteiger partial charge is 0.271 e. The molecule has 4 aromatic rings. The number of hydrazone groups is 1. The monoisotopic (exact) mass is 340 g/mol. The number of fused-ring (bicyclic) bond motifs is 1. The molecule has 0 radical (unpaired) electrons. The van der Waals surface area contributed by atoms with Gasteiger partial charge in [0.05, 0.1) is 18.1 Å². The molecule has 0 aliphatic carbocycles. The van der Waals surface area contributed by atoms with Crippen LogP contribution in [0.2, 0.25) is 0 Å². The average molecular weight is 340 g/mol. The summed E-state index contributed by atoms with van der Waals surface area (Å²) < 4.78 is 0. The SMILES string of the molecule is O=C(N/N=C/c1cn[nH]c1-c1ccccc1)c1ccc2ccccc2c1. The lowest BCUT2D eigenvalue weighted by molar-refractivity contribution is 0.0955. The molecule has 1 heterocycles. The molecular weight excluding hydrogens is 324 g/mol. The van der Waals surface area contributed by atoms with Crippen LogP contribution in [0.4, 0.5) is 0 Å². The summed E-state index contributed by atoms with van der Waals surface area (Å²) in [7, 11) is 0. The third-order valence-corrected chi connectivity index (χ3v) is 4.11. The molecule has 0 saturated heterocycles. The molecule has 3 aromatic carbocycles. The van der Waals surface area contributed by atoms with E-state index in [9.17, 15) is 4.79 Å². The lowest BCUT2D eigenvalue weighted by Crippen LogP contribution is -2.17. The summed E-state index contributed by atoms with van der Waals surface area (Å²) in [5.41, 5.74) is 5.80. The van der Waals surface area contributed by atoms with Gasteiger partial charge in [-0.3, -0.25) is 9.89 Å². The number of carbonyl (C=O) groups is 1. The molecule has 0 aliphatic rings. The van der Waals surface area contributed by atoms with E-state index in [0.717, 1.165) is 27.6 Å². The normalized spacial score (nSPS) is 11.1. The first-order valence-corrected chi connectivity index (χ1v) is 8.22. The largest absolute Gasteiger partial charge is 0.277 e. The number of rotatable bonds is 4. The fraction of sp³-hybridized carbons (Fsp3) is 0. The zero-order chi connectivity index (χ0) is 17.8. The molecule has 126 valence electrons. The summed E-state index contributed by atoms with van der Waals surface area (Å²) in [5, 5.41) is 13.2. The van der Waals surface area contributed by atoms with E-state index >= 15 is 0 Å². The number of aromatic amines is 1. The molecule has 0 bridgehead atoms. The minimum absolute atomic E-state index is 0.253. The van der Waals surface area contributed by atoms with E-state index < -0.39 is 0 Å². The van der Waals surface area contributed by atoms with Crippen molar-refractivity contribution in [3.05, 3.63) is 90.1 Å². The molecule has 0 spiro atoms. The number of aromatic nitrogens is 2. The predicted molar refractivity (Wildman–Crippen MR) is 103 cm³/mol.